The Morgan fingerprint density at radius 1 is 1.31 bits per heavy atom. The van der Waals surface area contributed by atoms with Gasteiger partial charge in [-0.15, -0.1) is 0 Å². The van der Waals surface area contributed by atoms with Gasteiger partial charge in [-0.3, -0.25) is 4.79 Å². The van der Waals surface area contributed by atoms with E-state index in [2.05, 4.69) is 10.6 Å². The van der Waals surface area contributed by atoms with E-state index < -0.39 is 9.84 Å². The van der Waals surface area contributed by atoms with Crippen LogP contribution in [0, 0.1) is 5.92 Å². The summed E-state index contributed by atoms with van der Waals surface area (Å²) in [4.78, 5) is 11.5. The molecule has 0 saturated heterocycles. The van der Waals surface area contributed by atoms with Crippen molar-refractivity contribution in [1.82, 2.24) is 10.6 Å². The van der Waals surface area contributed by atoms with Gasteiger partial charge in [0.1, 0.15) is 0 Å². The summed E-state index contributed by atoms with van der Waals surface area (Å²) >= 11 is 0. The lowest BCUT2D eigenvalue weighted by Crippen LogP contribution is -2.37. The Hall–Kier alpha value is -0.620. The normalized spacial score (nSPS) is 13.4. The van der Waals surface area contributed by atoms with E-state index in [0.29, 0.717) is 6.54 Å². The molecule has 0 fully saturated rings. The standard InChI is InChI=1S/C10H22N2O3S/c1-4-11-8-9(3)10(13)12-6-7-16(14,15)5-2/h9,11H,4-8H2,1-3H3,(H,12,13). The van der Waals surface area contributed by atoms with Gasteiger partial charge in [0.05, 0.1) is 5.75 Å². The summed E-state index contributed by atoms with van der Waals surface area (Å²) in [7, 11) is -2.99. The first-order valence-electron chi connectivity index (χ1n) is 5.61. The minimum absolute atomic E-state index is 0.0170. The molecule has 1 unspecified atom stereocenters. The van der Waals surface area contributed by atoms with E-state index in [0.717, 1.165) is 6.54 Å². The van der Waals surface area contributed by atoms with E-state index in [1.807, 2.05) is 13.8 Å². The van der Waals surface area contributed by atoms with Gasteiger partial charge in [-0.1, -0.05) is 20.8 Å². The molecule has 96 valence electrons. The maximum Gasteiger partial charge on any atom is 0.224 e. The number of hydrogen-bond acceptors (Lipinski definition) is 4. The van der Waals surface area contributed by atoms with Crippen LogP contribution in [0.3, 0.4) is 0 Å². The van der Waals surface area contributed by atoms with Crippen molar-refractivity contribution in [2.45, 2.75) is 20.8 Å². The van der Waals surface area contributed by atoms with Gasteiger partial charge in [0, 0.05) is 24.8 Å². The van der Waals surface area contributed by atoms with Crippen LogP contribution in [0.25, 0.3) is 0 Å². The van der Waals surface area contributed by atoms with E-state index in [1.54, 1.807) is 6.92 Å². The molecular formula is C10H22N2O3S. The number of nitrogens with one attached hydrogen (secondary N) is 2. The molecule has 5 nitrogen and oxygen atoms in total. The minimum Gasteiger partial charge on any atom is -0.355 e. The lowest BCUT2D eigenvalue weighted by molar-refractivity contribution is -0.124. The highest BCUT2D eigenvalue weighted by molar-refractivity contribution is 7.91. The van der Waals surface area contributed by atoms with Crippen molar-refractivity contribution < 1.29 is 13.2 Å². The van der Waals surface area contributed by atoms with Crippen molar-refractivity contribution in [3.8, 4) is 0 Å². The van der Waals surface area contributed by atoms with Crippen LogP contribution in [0.15, 0.2) is 0 Å². The second-order valence-electron chi connectivity index (χ2n) is 3.74. The van der Waals surface area contributed by atoms with Crippen LogP contribution < -0.4 is 10.6 Å². The van der Waals surface area contributed by atoms with Crippen LogP contribution >= 0.6 is 0 Å². The number of sulfone groups is 1. The third-order valence-electron chi connectivity index (χ3n) is 2.30. The number of carbonyl (C=O) groups excluding carboxylic acids is 1. The van der Waals surface area contributed by atoms with Gasteiger partial charge in [0.15, 0.2) is 9.84 Å². The highest BCUT2D eigenvalue weighted by Gasteiger charge is 2.13. The highest BCUT2D eigenvalue weighted by Crippen LogP contribution is 1.93. The molecule has 0 radical (unpaired) electrons. The molecule has 0 saturated carbocycles. The van der Waals surface area contributed by atoms with Crippen molar-refractivity contribution in [1.29, 1.82) is 0 Å². The van der Waals surface area contributed by atoms with Crippen molar-refractivity contribution in [3.63, 3.8) is 0 Å². The van der Waals surface area contributed by atoms with E-state index in [-0.39, 0.29) is 29.9 Å². The largest absolute Gasteiger partial charge is 0.355 e. The van der Waals surface area contributed by atoms with Gasteiger partial charge in [0.25, 0.3) is 0 Å². The van der Waals surface area contributed by atoms with Gasteiger partial charge in [-0.25, -0.2) is 8.42 Å². The van der Waals surface area contributed by atoms with Crippen LogP contribution in [-0.2, 0) is 14.6 Å². The molecule has 0 aliphatic carbocycles. The Bertz CT molecular complexity index is 301. The smallest absolute Gasteiger partial charge is 0.224 e. The molecular weight excluding hydrogens is 228 g/mol. The summed E-state index contributed by atoms with van der Waals surface area (Å²) in [6, 6.07) is 0. The molecule has 1 amide bonds. The van der Waals surface area contributed by atoms with Crippen molar-refractivity contribution >= 4 is 15.7 Å². The molecule has 0 bridgehead atoms. The lowest BCUT2D eigenvalue weighted by atomic mass is 10.1. The second kappa shape index (κ2) is 7.62. The molecule has 0 heterocycles. The first kappa shape index (κ1) is 15.4. The van der Waals surface area contributed by atoms with Crippen molar-refractivity contribution in [2.75, 3.05) is 31.1 Å². The molecule has 0 aromatic heterocycles. The fraction of sp³-hybridized carbons (Fsp3) is 0.900. The molecule has 1 atom stereocenters. The molecule has 6 heteroatoms. The number of hydrogen-bond donors (Lipinski definition) is 2. The predicted molar refractivity (Wildman–Crippen MR) is 65.0 cm³/mol. The number of amides is 1. The Morgan fingerprint density at radius 2 is 1.94 bits per heavy atom. The van der Waals surface area contributed by atoms with E-state index in [4.69, 9.17) is 0 Å². The summed E-state index contributed by atoms with van der Waals surface area (Å²) < 4.78 is 22.3. The summed E-state index contributed by atoms with van der Waals surface area (Å²) in [6.07, 6.45) is 0. The molecule has 2 N–H and O–H groups in total. The zero-order valence-electron chi connectivity index (χ0n) is 10.2. The van der Waals surface area contributed by atoms with Gasteiger partial charge >= 0.3 is 0 Å². The summed E-state index contributed by atoms with van der Waals surface area (Å²) in [5.41, 5.74) is 0. The number of carbonyl (C=O) groups is 1. The maximum atomic E-state index is 11.5. The highest BCUT2D eigenvalue weighted by atomic mass is 32.2. The van der Waals surface area contributed by atoms with Crippen molar-refractivity contribution in [3.05, 3.63) is 0 Å². The van der Waals surface area contributed by atoms with Gasteiger partial charge < -0.3 is 10.6 Å². The molecule has 0 spiro atoms. The molecule has 0 rings (SSSR count). The number of rotatable bonds is 8. The Labute approximate surface area is 97.9 Å². The summed E-state index contributed by atoms with van der Waals surface area (Å²) in [5.74, 6) is -0.101. The quantitative estimate of drug-likeness (QED) is 0.625. The monoisotopic (exact) mass is 250 g/mol. The van der Waals surface area contributed by atoms with E-state index in [9.17, 15) is 13.2 Å². The van der Waals surface area contributed by atoms with Crippen LogP contribution in [-0.4, -0.2) is 45.5 Å². The summed E-state index contributed by atoms with van der Waals surface area (Å²) in [6.45, 7) is 7.02. The molecule has 0 aliphatic heterocycles. The van der Waals surface area contributed by atoms with Gasteiger partial charge in [-0.05, 0) is 6.54 Å². The van der Waals surface area contributed by atoms with Crippen LogP contribution in [0.4, 0.5) is 0 Å². The van der Waals surface area contributed by atoms with Crippen molar-refractivity contribution in [2.24, 2.45) is 5.92 Å². The third-order valence-corrected chi connectivity index (χ3v) is 4.01. The Balaban J connectivity index is 3.81. The van der Waals surface area contributed by atoms with E-state index in [1.165, 1.54) is 0 Å². The molecule has 16 heavy (non-hydrogen) atoms. The SMILES string of the molecule is CCNCC(C)C(=O)NCCS(=O)(=O)CC. The molecule has 0 aromatic carbocycles. The zero-order chi connectivity index (χ0) is 12.6. The zero-order valence-corrected chi connectivity index (χ0v) is 11.1. The maximum absolute atomic E-state index is 11.5. The van der Waals surface area contributed by atoms with Gasteiger partial charge in [-0.2, -0.15) is 0 Å². The topological polar surface area (TPSA) is 75.3 Å². The first-order chi connectivity index (χ1) is 7.43. The Morgan fingerprint density at radius 3 is 2.44 bits per heavy atom. The second-order valence-corrected chi connectivity index (χ2v) is 6.21. The average molecular weight is 250 g/mol. The fourth-order valence-corrected chi connectivity index (χ4v) is 1.80. The van der Waals surface area contributed by atoms with Gasteiger partial charge in [0.2, 0.25) is 5.91 Å². The minimum atomic E-state index is -2.99. The average Bonchev–Trinajstić information content (AvgIpc) is 2.25. The first-order valence-corrected chi connectivity index (χ1v) is 7.44. The fourth-order valence-electron chi connectivity index (χ4n) is 1.10. The Kier molecular flexibility index (Phi) is 7.33. The lowest BCUT2D eigenvalue weighted by Gasteiger charge is -2.12. The molecule has 0 aromatic rings. The van der Waals surface area contributed by atoms with Crippen LogP contribution in [0.2, 0.25) is 0 Å². The van der Waals surface area contributed by atoms with Crippen LogP contribution in [0.1, 0.15) is 20.8 Å². The molecule has 0 aliphatic rings. The predicted octanol–water partition coefficient (Wildman–Crippen LogP) is -0.217. The summed E-state index contributed by atoms with van der Waals surface area (Å²) in [5, 5.41) is 5.69. The van der Waals surface area contributed by atoms with Crippen LogP contribution in [0.5, 0.6) is 0 Å². The third kappa shape index (κ3) is 6.79. The van der Waals surface area contributed by atoms with E-state index >= 15 is 0 Å².